The van der Waals surface area contributed by atoms with E-state index in [-0.39, 0.29) is 30.6 Å². The van der Waals surface area contributed by atoms with Crippen LogP contribution in [0.25, 0.3) is 0 Å². The molecule has 1 atom stereocenters. The summed E-state index contributed by atoms with van der Waals surface area (Å²) in [6.07, 6.45) is 0.850. The van der Waals surface area contributed by atoms with Crippen molar-refractivity contribution in [3.8, 4) is 12.3 Å². The van der Waals surface area contributed by atoms with E-state index in [0.717, 1.165) is 10.7 Å². The van der Waals surface area contributed by atoms with Crippen molar-refractivity contribution in [3.63, 3.8) is 0 Å². The number of carbonyl (C=O) groups excluding carboxylic acids is 1. The first kappa shape index (κ1) is 12.5. The van der Waals surface area contributed by atoms with Gasteiger partial charge in [0.2, 0.25) is 5.91 Å². The van der Waals surface area contributed by atoms with E-state index in [4.69, 9.17) is 6.42 Å². The molecule has 1 amide bonds. The first-order chi connectivity index (χ1) is 8.32. The molecule has 2 heterocycles. The number of alkyl halides is 3. The van der Waals surface area contributed by atoms with E-state index in [1.807, 2.05) is 0 Å². The minimum absolute atomic E-state index is 0.116. The molecule has 1 aromatic rings. The zero-order chi connectivity index (χ0) is 13.5. The Morgan fingerprint density at radius 1 is 1.56 bits per heavy atom. The van der Waals surface area contributed by atoms with Crippen LogP contribution in [-0.2, 0) is 18.0 Å². The van der Waals surface area contributed by atoms with Gasteiger partial charge in [0.25, 0.3) is 0 Å². The Kier molecular flexibility index (Phi) is 2.81. The first-order valence-corrected chi connectivity index (χ1v) is 5.20. The van der Waals surface area contributed by atoms with E-state index in [2.05, 4.69) is 11.0 Å². The van der Waals surface area contributed by atoms with Crippen LogP contribution in [0.4, 0.5) is 19.0 Å². The number of carbonyl (C=O) groups is 1. The second kappa shape index (κ2) is 4.05. The van der Waals surface area contributed by atoms with Crippen LogP contribution in [0.2, 0.25) is 0 Å². The van der Waals surface area contributed by atoms with E-state index in [1.165, 1.54) is 11.9 Å². The maximum Gasteiger partial charge on any atom is 0.435 e. The zero-order valence-corrected chi connectivity index (χ0v) is 9.53. The highest BCUT2D eigenvalue weighted by molar-refractivity contribution is 5.95. The molecule has 4 nitrogen and oxygen atoms in total. The van der Waals surface area contributed by atoms with Crippen LogP contribution in [0, 0.1) is 18.3 Å². The minimum Gasteiger partial charge on any atom is -0.296 e. The maximum absolute atomic E-state index is 12.5. The van der Waals surface area contributed by atoms with Crippen molar-refractivity contribution in [1.82, 2.24) is 9.78 Å². The molecule has 2 rings (SSSR count). The van der Waals surface area contributed by atoms with Crippen molar-refractivity contribution in [2.45, 2.75) is 12.6 Å². The van der Waals surface area contributed by atoms with Gasteiger partial charge in [-0.3, -0.25) is 14.4 Å². The second-order valence-electron chi connectivity index (χ2n) is 4.08. The van der Waals surface area contributed by atoms with Crippen LogP contribution >= 0.6 is 0 Å². The Balaban J connectivity index is 2.33. The lowest BCUT2D eigenvalue weighted by Gasteiger charge is -2.15. The number of nitrogens with zero attached hydrogens (tertiary/aromatic N) is 3. The zero-order valence-electron chi connectivity index (χ0n) is 9.53. The van der Waals surface area contributed by atoms with Crippen molar-refractivity contribution < 1.29 is 18.0 Å². The number of hydrogen-bond donors (Lipinski definition) is 0. The van der Waals surface area contributed by atoms with Gasteiger partial charge in [-0.2, -0.15) is 18.3 Å². The van der Waals surface area contributed by atoms with Gasteiger partial charge in [0, 0.05) is 32.0 Å². The molecule has 7 heteroatoms. The summed E-state index contributed by atoms with van der Waals surface area (Å²) in [6.45, 7) is 0.228. The minimum atomic E-state index is -4.52. The normalized spacial score (nSPS) is 20.3. The van der Waals surface area contributed by atoms with Crippen molar-refractivity contribution in [3.05, 3.63) is 11.8 Å². The van der Waals surface area contributed by atoms with Crippen LogP contribution in [0.15, 0.2) is 6.07 Å². The number of terminal acetylenes is 1. The lowest BCUT2D eigenvalue weighted by atomic mass is 10.1. The van der Waals surface area contributed by atoms with Crippen molar-refractivity contribution in [2.24, 2.45) is 13.0 Å². The Hall–Kier alpha value is -1.97. The first-order valence-electron chi connectivity index (χ1n) is 5.20. The smallest absolute Gasteiger partial charge is 0.296 e. The Morgan fingerprint density at radius 2 is 2.22 bits per heavy atom. The number of aromatic nitrogens is 2. The highest BCUT2D eigenvalue weighted by atomic mass is 19.4. The van der Waals surface area contributed by atoms with Gasteiger partial charge < -0.3 is 0 Å². The van der Waals surface area contributed by atoms with Crippen LogP contribution in [-0.4, -0.2) is 22.2 Å². The van der Waals surface area contributed by atoms with Crippen molar-refractivity contribution in [2.75, 3.05) is 11.4 Å². The van der Waals surface area contributed by atoms with Gasteiger partial charge in [-0.15, -0.1) is 12.3 Å². The Bertz CT molecular complexity index is 527. The molecule has 0 aromatic carbocycles. The highest BCUT2D eigenvalue weighted by Crippen LogP contribution is 2.32. The number of aryl methyl sites for hydroxylation is 1. The molecule has 96 valence electrons. The molecule has 0 N–H and O–H groups in total. The highest BCUT2D eigenvalue weighted by Gasteiger charge is 2.37. The van der Waals surface area contributed by atoms with E-state index in [1.54, 1.807) is 0 Å². The molecule has 1 unspecified atom stereocenters. The van der Waals surface area contributed by atoms with E-state index < -0.39 is 11.9 Å². The SMILES string of the molecule is C#CC1CC(=O)N(c2cc(C(F)(F)F)nn2C)C1. The van der Waals surface area contributed by atoms with Crippen LogP contribution in [0.5, 0.6) is 0 Å². The average molecular weight is 257 g/mol. The molecule has 1 aliphatic rings. The summed E-state index contributed by atoms with van der Waals surface area (Å²) in [5.41, 5.74) is -1.02. The summed E-state index contributed by atoms with van der Waals surface area (Å²) >= 11 is 0. The number of hydrogen-bond acceptors (Lipinski definition) is 2. The largest absolute Gasteiger partial charge is 0.435 e. The fourth-order valence-electron chi connectivity index (χ4n) is 1.89. The van der Waals surface area contributed by atoms with Gasteiger partial charge in [0.15, 0.2) is 5.69 Å². The second-order valence-corrected chi connectivity index (χ2v) is 4.08. The third kappa shape index (κ3) is 2.06. The lowest BCUT2D eigenvalue weighted by Crippen LogP contribution is -2.26. The molecule has 0 radical (unpaired) electrons. The standard InChI is InChI=1S/C11H10F3N3O/c1-3-7-4-10(18)17(6-7)9-5-8(11(12,13)14)15-16(9)2/h1,5,7H,4,6H2,2H3. The number of rotatable bonds is 1. The Morgan fingerprint density at radius 3 is 2.67 bits per heavy atom. The number of halogens is 3. The molecule has 0 bridgehead atoms. The van der Waals surface area contributed by atoms with Crippen molar-refractivity contribution >= 4 is 11.7 Å². The molecule has 0 saturated carbocycles. The summed E-state index contributed by atoms with van der Waals surface area (Å²) in [7, 11) is 1.36. The van der Waals surface area contributed by atoms with Gasteiger partial charge in [0.05, 0.1) is 0 Å². The fraction of sp³-hybridized carbons (Fsp3) is 0.455. The van der Waals surface area contributed by atoms with Gasteiger partial charge in [0.1, 0.15) is 5.82 Å². The van der Waals surface area contributed by atoms with E-state index >= 15 is 0 Å². The van der Waals surface area contributed by atoms with Gasteiger partial charge in [-0.05, 0) is 0 Å². The summed E-state index contributed by atoms with van der Waals surface area (Å²) in [5, 5.41) is 3.36. The van der Waals surface area contributed by atoms with Gasteiger partial charge in [-0.1, -0.05) is 0 Å². The summed E-state index contributed by atoms with van der Waals surface area (Å²) in [6, 6.07) is 0.858. The monoisotopic (exact) mass is 257 g/mol. The van der Waals surface area contributed by atoms with E-state index in [0.29, 0.717) is 0 Å². The molecule has 18 heavy (non-hydrogen) atoms. The van der Waals surface area contributed by atoms with Crippen LogP contribution in [0.3, 0.4) is 0 Å². The van der Waals surface area contributed by atoms with Gasteiger partial charge in [-0.25, -0.2) is 0 Å². The molecule has 0 spiro atoms. The summed E-state index contributed by atoms with van der Waals surface area (Å²) in [4.78, 5) is 12.9. The summed E-state index contributed by atoms with van der Waals surface area (Å²) in [5.74, 6) is 2.01. The molecule has 1 saturated heterocycles. The van der Waals surface area contributed by atoms with Gasteiger partial charge >= 0.3 is 6.18 Å². The van der Waals surface area contributed by atoms with Crippen molar-refractivity contribution in [1.29, 1.82) is 0 Å². The van der Waals surface area contributed by atoms with Crippen LogP contribution < -0.4 is 4.90 Å². The number of anilines is 1. The molecule has 0 aliphatic carbocycles. The predicted octanol–water partition coefficient (Wildman–Crippen LogP) is 1.43. The lowest BCUT2D eigenvalue weighted by molar-refractivity contribution is -0.141. The third-order valence-electron chi connectivity index (χ3n) is 2.78. The molecule has 1 fully saturated rings. The maximum atomic E-state index is 12.5. The topological polar surface area (TPSA) is 38.1 Å². The molecular weight excluding hydrogens is 247 g/mol. The predicted molar refractivity (Wildman–Crippen MR) is 57.5 cm³/mol. The molecule has 1 aliphatic heterocycles. The third-order valence-corrected chi connectivity index (χ3v) is 2.78. The van der Waals surface area contributed by atoms with Crippen LogP contribution in [0.1, 0.15) is 12.1 Å². The number of amides is 1. The summed E-state index contributed by atoms with van der Waals surface area (Å²) < 4.78 is 38.5. The Labute approximate surface area is 101 Å². The quantitative estimate of drug-likeness (QED) is 0.714. The fourth-order valence-corrected chi connectivity index (χ4v) is 1.89. The molecule has 1 aromatic heterocycles. The average Bonchev–Trinajstić information content (AvgIpc) is 2.81. The molecular formula is C11H10F3N3O. The van der Waals surface area contributed by atoms with E-state index in [9.17, 15) is 18.0 Å².